The second kappa shape index (κ2) is 7.18. The van der Waals surface area contributed by atoms with E-state index in [0.29, 0.717) is 15.0 Å². The van der Waals surface area contributed by atoms with Gasteiger partial charge in [0.2, 0.25) is 0 Å². The molecule has 0 fully saturated rings. The SMILES string of the molecule is O=C(NCC#Cc1cccc(C(F)(F)F)c1)c1cc2c(F)cccc2s1. The smallest absolute Gasteiger partial charge is 0.340 e. The van der Waals surface area contributed by atoms with E-state index in [1.807, 2.05) is 0 Å². The summed E-state index contributed by atoms with van der Waals surface area (Å²) in [5.41, 5.74) is -0.571. The van der Waals surface area contributed by atoms with E-state index >= 15 is 0 Å². The van der Waals surface area contributed by atoms with Gasteiger partial charge in [-0.15, -0.1) is 11.3 Å². The van der Waals surface area contributed by atoms with Gasteiger partial charge in [0.05, 0.1) is 17.0 Å². The summed E-state index contributed by atoms with van der Waals surface area (Å²) < 4.78 is 52.2. The summed E-state index contributed by atoms with van der Waals surface area (Å²) in [6.45, 7) is -0.0359. The predicted octanol–water partition coefficient (Wildman–Crippen LogP) is 4.84. The van der Waals surface area contributed by atoms with Gasteiger partial charge in [-0.05, 0) is 36.4 Å². The first-order valence-corrected chi connectivity index (χ1v) is 8.28. The molecule has 3 rings (SSSR count). The molecule has 0 aliphatic heterocycles. The standard InChI is InChI=1S/C19H11F4NOS/c20-15-7-2-8-16-14(15)11-17(26-16)18(25)24-9-3-5-12-4-1-6-13(10-12)19(21,22)23/h1-2,4,6-8,10-11H,9H2,(H,24,25). The number of benzene rings is 2. The van der Waals surface area contributed by atoms with E-state index in [1.165, 1.54) is 24.3 Å². The van der Waals surface area contributed by atoms with Crippen LogP contribution in [-0.2, 0) is 6.18 Å². The number of alkyl halides is 3. The number of hydrogen-bond acceptors (Lipinski definition) is 2. The van der Waals surface area contributed by atoms with Gasteiger partial charge in [0.1, 0.15) is 5.82 Å². The summed E-state index contributed by atoms with van der Waals surface area (Å²) in [6, 6.07) is 10.7. The molecule has 1 N–H and O–H groups in total. The van der Waals surface area contributed by atoms with E-state index in [9.17, 15) is 22.4 Å². The number of thiophene rings is 1. The quantitative estimate of drug-likeness (QED) is 0.503. The fraction of sp³-hybridized carbons (Fsp3) is 0.105. The van der Waals surface area contributed by atoms with Crippen LogP contribution in [0.25, 0.3) is 10.1 Å². The second-order valence-corrected chi connectivity index (χ2v) is 6.41. The normalized spacial score (nSPS) is 11.1. The highest BCUT2D eigenvalue weighted by Gasteiger charge is 2.30. The van der Waals surface area contributed by atoms with Crippen molar-refractivity contribution in [3.63, 3.8) is 0 Å². The van der Waals surface area contributed by atoms with E-state index in [4.69, 9.17) is 0 Å². The Bertz CT molecular complexity index is 1030. The molecule has 0 saturated heterocycles. The number of hydrogen-bond donors (Lipinski definition) is 1. The number of carbonyl (C=O) groups is 1. The lowest BCUT2D eigenvalue weighted by Crippen LogP contribution is -2.22. The minimum Gasteiger partial charge on any atom is -0.340 e. The van der Waals surface area contributed by atoms with Crippen molar-refractivity contribution in [1.82, 2.24) is 5.32 Å². The maximum atomic E-state index is 13.6. The number of amides is 1. The van der Waals surface area contributed by atoms with Crippen molar-refractivity contribution in [2.45, 2.75) is 6.18 Å². The van der Waals surface area contributed by atoms with E-state index in [0.717, 1.165) is 23.5 Å². The highest BCUT2D eigenvalue weighted by molar-refractivity contribution is 7.20. The molecule has 0 radical (unpaired) electrons. The molecular weight excluding hydrogens is 366 g/mol. The monoisotopic (exact) mass is 377 g/mol. The molecule has 132 valence electrons. The maximum Gasteiger partial charge on any atom is 0.416 e. The van der Waals surface area contributed by atoms with Crippen LogP contribution in [0, 0.1) is 17.7 Å². The Morgan fingerprint density at radius 2 is 1.88 bits per heavy atom. The van der Waals surface area contributed by atoms with Crippen molar-refractivity contribution in [3.05, 3.63) is 70.4 Å². The number of rotatable bonds is 2. The van der Waals surface area contributed by atoms with Crippen molar-refractivity contribution in [1.29, 1.82) is 0 Å². The Morgan fingerprint density at radius 3 is 2.62 bits per heavy atom. The largest absolute Gasteiger partial charge is 0.416 e. The topological polar surface area (TPSA) is 29.1 Å². The van der Waals surface area contributed by atoms with Gasteiger partial charge in [-0.1, -0.05) is 24.0 Å². The lowest BCUT2D eigenvalue weighted by atomic mass is 10.1. The van der Waals surface area contributed by atoms with E-state index in [-0.39, 0.29) is 12.1 Å². The molecule has 1 heterocycles. The fourth-order valence-corrected chi connectivity index (χ4v) is 3.26. The summed E-state index contributed by atoms with van der Waals surface area (Å²) in [7, 11) is 0. The molecule has 2 nitrogen and oxygen atoms in total. The Balaban J connectivity index is 1.66. The maximum absolute atomic E-state index is 13.6. The highest BCUT2D eigenvalue weighted by atomic mass is 32.1. The van der Waals surface area contributed by atoms with Crippen molar-refractivity contribution >= 4 is 27.3 Å². The molecule has 7 heteroatoms. The first-order chi connectivity index (χ1) is 12.3. The van der Waals surface area contributed by atoms with Crippen LogP contribution in [-0.4, -0.2) is 12.5 Å². The average molecular weight is 377 g/mol. The lowest BCUT2D eigenvalue weighted by molar-refractivity contribution is -0.137. The summed E-state index contributed by atoms with van der Waals surface area (Å²) in [5.74, 6) is 4.37. The summed E-state index contributed by atoms with van der Waals surface area (Å²) >= 11 is 1.15. The van der Waals surface area contributed by atoms with Gasteiger partial charge in [-0.25, -0.2) is 4.39 Å². The predicted molar refractivity (Wildman–Crippen MR) is 92.4 cm³/mol. The molecule has 0 saturated carbocycles. The van der Waals surface area contributed by atoms with Crippen molar-refractivity contribution < 1.29 is 22.4 Å². The van der Waals surface area contributed by atoms with Crippen LogP contribution >= 0.6 is 11.3 Å². The van der Waals surface area contributed by atoms with Gasteiger partial charge in [0.15, 0.2) is 0 Å². The molecule has 0 unspecified atom stereocenters. The molecule has 3 aromatic rings. The van der Waals surface area contributed by atoms with Crippen LogP contribution < -0.4 is 5.32 Å². The molecule has 0 aliphatic carbocycles. The molecule has 26 heavy (non-hydrogen) atoms. The second-order valence-electron chi connectivity index (χ2n) is 5.33. The third-order valence-electron chi connectivity index (χ3n) is 3.49. The zero-order chi connectivity index (χ0) is 18.7. The first kappa shape index (κ1) is 18.0. The first-order valence-electron chi connectivity index (χ1n) is 7.47. The molecular formula is C19H11F4NOS. The van der Waals surface area contributed by atoms with E-state index in [2.05, 4.69) is 17.2 Å². The van der Waals surface area contributed by atoms with Crippen LogP contribution in [0.1, 0.15) is 20.8 Å². The van der Waals surface area contributed by atoms with Crippen LogP contribution in [0.15, 0.2) is 48.5 Å². The average Bonchev–Trinajstić information content (AvgIpc) is 3.04. The summed E-state index contributed by atoms with van der Waals surface area (Å²) in [5, 5.41) is 2.92. The van der Waals surface area contributed by atoms with E-state index < -0.39 is 23.5 Å². The van der Waals surface area contributed by atoms with Gasteiger partial charge >= 0.3 is 6.18 Å². The molecule has 0 bridgehead atoms. The van der Waals surface area contributed by atoms with Gasteiger partial charge < -0.3 is 5.32 Å². The Kier molecular flexibility index (Phi) is 4.96. The Labute approximate surface area is 150 Å². The Hall–Kier alpha value is -2.85. The van der Waals surface area contributed by atoms with Crippen molar-refractivity contribution in [3.8, 4) is 11.8 Å². The number of carbonyl (C=O) groups excluding carboxylic acids is 1. The Morgan fingerprint density at radius 1 is 1.12 bits per heavy atom. The third-order valence-corrected chi connectivity index (χ3v) is 4.59. The van der Waals surface area contributed by atoms with Gasteiger partial charge in [-0.2, -0.15) is 13.2 Å². The van der Waals surface area contributed by atoms with Crippen LogP contribution in [0.5, 0.6) is 0 Å². The summed E-state index contributed by atoms with van der Waals surface area (Å²) in [6.07, 6.45) is -4.43. The minimum absolute atomic E-state index is 0.0359. The van der Waals surface area contributed by atoms with Gasteiger partial charge in [-0.3, -0.25) is 4.79 Å². The molecule has 0 spiro atoms. The fourth-order valence-electron chi connectivity index (χ4n) is 2.27. The molecule has 1 aromatic heterocycles. The van der Waals surface area contributed by atoms with Crippen LogP contribution in [0.2, 0.25) is 0 Å². The highest BCUT2D eigenvalue weighted by Crippen LogP contribution is 2.29. The molecule has 0 atom stereocenters. The van der Waals surface area contributed by atoms with E-state index in [1.54, 1.807) is 12.1 Å². The number of nitrogens with one attached hydrogen (secondary N) is 1. The number of fused-ring (bicyclic) bond motifs is 1. The van der Waals surface area contributed by atoms with Crippen LogP contribution in [0.3, 0.4) is 0 Å². The lowest BCUT2D eigenvalue weighted by Gasteiger charge is -2.05. The van der Waals surface area contributed by atoms with Gasteiger partial charge in [0.25, 0.3) is 5.91 Å². The summed E-state index contributed by atoms with van der Waals surface area (Å²) in [4.78, 5) is 12.4. The zero-order valence-corrected chi connectivity index (χ0v) is 14.0. The molecule has 0 aliphatic rings. The van der Waals surface area contributed by atoms with Crippen molar-refractivity contribution in [2.75, 3.05) is 6.54 Å². The molecule has 2 aromatic carbocycles. The zero-order valence-electron chi connectivity index (χ0n) is 13.2. The van der Waals surface area contributed by atoms with Crippen molar-refractivity contribution in [2.24, 2.45) is 0 Å². The number of halogens is 4. The van der Waals surface area contributed by atoms with Crippen LogP contribution in [0.4, 0.5) is 17.6 Å². The minimum atomic E-state index is -4.43. The molecule has 1 amide bonds. The third kappa shape index (κ3) is 4.03. The van der Waals surface area contributed by atoms with Gasteiger partial charge in [0, 0.05) is 15.6 Å².